The maximum Gasteiger partial charge on any atom is 0.526 e. The predicted molar refractivity (Wildman–Crippen MR) is 121 cm³/mol. The van der Waals surface area contributed by atoms with E-state index >= 15 is 0 Å². The van der Waals surface area contributed by atoms with E-state index in [1.165, 1.54) is 27.2 Å². The van der Waals surface area contributed by atoms with Gasteiger partial charge < -0.3 is 5.11 Å². The van der Waals surface area contributed by atoms with Crippen molar-refractivity contribution in [3.63, 3.8) is 0 Å². The molecule has 9 heteroatoms. The number of hydrogen-bond donors (Lipinski definition) is 2. The Labute approximate surface area is 181 Å². The molecule has 0 aliphatic heterocycles. The van der Waals surface area contributed by atoms with Gasteiger partial charge in [0.05, 0.1) is 16.6 Å². The second-order valence-corrected chi connectivity index (χ2v) is 10.1. The van der Waals surface area contributed by atoms with Crippen molar-refractivity contribution in [1.82, 2.24) is 10.5 Å². The molecular formula is C20H22N3O3S3+. The highest BCUT2D eigenvalue weighted by Crippen LogP contribution is 2.43. The summed E-state index contributed by atoms with van der Waals surface area (Å²) in [6, 6.07) is 8.48. The number of thiazole rings is 1. The van der Waals surface area contributed by atoms with Crippen LogP contribution in [-0.2, 0) is 4.84 Å². The van der Waals surface area contributed by atoms with E-state index in [4.69, 9.17) is 9.82 Å². The fourth-order valence-electron chi connectivity index (χ4n) is 2.34. The van der Waals surface area contributed by atoms with Gasteiger partial charge in [0.15, 0.2) is 5.00 Å². The molecule has 2 amide bonds. The Morgan fingerprint density at radius 2 is 2.10 bits per heavy atom. The van der Waals surface area contributed by atoms with Crippen molar-refractivity contribution < 1.29 is 19.3 Å². The number of nitrogens with one attached hydrogen (secondary N) is 1. The van der Waals surface area contributed by atoms with Crippen molar-refractivity contribution in [3.05, 3.63) is 35.7 Å². The summed E-state index contributed by atoms with van der Waals surface area (Å²) in [5.41, 5.74) is 4.53. The second-order valence-electron chi connectivity index (χ2n) is 7.13. The van der Waals surface area contributed by atoms with Crippen LogP contribution >= 0.6 is 34.4 Å². The Kier molecular flexibility index (Phi) is 6.42. The number of carbonyl (C=O) groups is 1. The fourth-order valence-corrected chi connectivity index (χ4v) is 5.11. The normalized spacial score (nSPS) is 11.4. The monoisotopic (exact) mass is 448 g/mol. The number of phenolic OH excluding ortho intramolecular Hbond substituents is 1. The Morgan fingerprint density at radius 3 is 2.76 bits per heavy atom. The zero-order valence-electron chi connectivity index (χ0n) is 16.6. The summed E-state index contributed by atoms with van der Waals surface area (Å²) in [4.78, 5) is 22.4. The number of urea groups is 1. The molecule has 0 radical (unpaired) electrons. The Morgan fingerprint density at radius 1 is 1.34 bits per heavy atom. The minimum atomic E-state index is -0.495. The predicted octanol–water partition coefficient (Wildman–Crippen LogP) is 5.75. The van der Waals surface area contributed by atoms with Crippen molar-refractivity contribution in [2.24, 2.45) is 0 Å². The zero-order chi connectivity index (χ0) is 21.2. The van der Waals surface area contributed by atoms with Gasteiger partial charge in [-0.1, -0.05) is 28.9 Å². The van der Waals surface area contributed by atoms with E-state index in [0.29, 0.717) is 5.00 Å². The molecule has 1 aromatic carbocycles. The lowest BCUT2D eigenvalue weighted by Crippen LogP contribution is -2.36. The smallest absolute Gasteiger partial charge is 0.508 e. The quantitative estimate of drug-likeness (QED) is 0.225. The highest BCUT2D eigenvalue weighted by molar-refractivity contribution is 8.00. The van der Waals surface area contributed by atoms with Crippen LogP contribution in [0.2, 0.25) is 0 Å². The van der Waals surface area contributed by atoms with E-state index in [2.05, 4.69) is 12.2 Å². The molecule has 3 aromatic rings. The molecule has 0 unspecified atom stereocenters. The van der Waals surface area contributed by atoms with Crippen molar-refractivity contribution in [1.29, 1.82) is 0 Å². The van der Waals surface area contributed by atoms with Crippen LogP contribution in [0.3, 0.4) is 0 Å². The van der Waals surface area contributed by atoms with Crippen LogP contribution in [0.25, 0.3) is 21.8 Å². The summed E-state index contributed by atoms with van der Waals surface area (Å²) >= 11 is 4.58. The Balaban J connectivity index is 1.85. The first-order valence-corrected chi connectivity index (χ1v) is 11.6. The molecule has 0 saturated carbocycles. The number of thiophene rings is 1. The number of hydrogen-bond acceptors (Lipinski definition) is 7. The second kappa shape index (κ2) is 8.66. The molecule has 29 heavy (non-hydrogen) atoms. The minimum absolute atomic E-state index is 0.204. The van der Waals surface area contributed by atoms with E-state index in [-0.39, 0.29) is 5.75 Å². The number of aromatic nitrogens is 1. The SMILES string of the molecule is C=[N+](C(=O)NOC(C)(C)C)c1cc(-c2nc(-c3cccc(O)c3)cs2)c(SC)s1. The lowest BCUT2D eigenvalue weighted by atomic mass is 10.2. The van der Waals surface area contributed by atoms with Gasteiger partial charge in [-0.15, -0.1) is 23.1 Å². The lowest BCUT2D eigenvalue weighted by molar-refractivity contribution is -0.330. The highest BCUT2D eigenvalue weighted by Gasteiger charge is 2.25. The fraction of sp³-hybridized carbons (Fsp3) is 0.250. The number of carbonyl (C=O) groups excluding carboxylic acids is 1. The Hall–Kier alpha value is -2.20. The molecule has 0 bridgehead atoms. The molecule has 0 saturated heterocycles. The third-order valence-electron chi connectivity index (χ3n) is 3.70. The van der Waals surface area contributed by atoms with Gasteiger partial charge in [-0.25, -0.2) is 4.98 Å². The molecule has 152 valence electrons. The van der Waals surface area contributed by atoms with E-state index in [1.54, 1.807) is 30.0 Å². The Bertz CT molecular complexity index is 1050. The summed E-state index contributed by atoms with van der Waals surface area (Å²) in [5.74, 6) is 0.204. The molecule has 0 spiro atoms. The summed E-state index contributed by atoms with van der Waals surface area (Å²) in [7, 11) is 0. The first-order valence-electron chi connectivity index (χ1n) is 8.69. The van der Waals surface area contributed by atoms with Crippen molar-refractivity contribution >= 4 is 52.2 Å². The summed E-state index contributed by atoms with van der Waals surface area (Å²) in [5, 5.41) is 13.2. The van der Waals surface area contributed by atoms with Crippen molar-refractivity contribution in [3.8, 4) is 27.6 Å². The summed E-state index contributed by atoms with van der Waals surface area (Å²) in [6.07, 6.45) is 1.99. The van der Waals surface area contributed by atoms with Crippen LogP contribution in [0, 0.1) is 0 Å². The molecule has 0 atom stereocenters. The topological polar surface area (TPSA) is 74.5 Å². The van der Waals surface area contributed by atoms with Crippen molar-refractivity contribution in [2.75, 3.05) is 6.26 Å². The number of amides is 2. The number of hydroxylamine groups is 1. The minimum Gasteiger partial charge on any atom is -0.508 e. The first kappa shape index (κ1) is 21.5. The van der Waals surface area contributed by atoms with Gasteiger partial charge in [-0.3, -0.25) is 0 Å². The van der Waals surface area contributed by atoms with Gasteiger partial charge in [0.2, 0.25) is 0 Å². The van der Waals surface area contributed by atoms with Gasteiger partial charge in [-0.2, -0.15) is 14.2 Å². The van der Waals surface area contributed by atoms with Crippen LogP contribution in [0.15, 0.2) is 39.9 Å². The number of nitrogens with zero attached hydrogens (tertiary/aromatic N) is 2. The number of phenols is 1. The number of thioether (sulfide) groups is 1. The largest absolute Gasteiger partial charge is 0.526 e. The van der Waals surface area contributed by atoms with Gasteiger partial charge in [0, 0.05) is 22.6 Å². The standard InChI is InChI=1S/C20H21N3O3S3/c1-20(2,3)26-22-19(25)23(4)16-10-14(18(27-5)29-16)17-21-15(11-28-17)12-7-6-8-13(24)9-12/h6-11H,4H2,1-3,5H3,(H-,22,24,25)/p+1. The van der Waals surface area contributed by atoms with Crippen LogP contribution in [-0.4, -0.2) is 39.3 Å². The van der Waals surface area contributed by atoms with Gasteiger partial charge >= 0.3 is 6.03 Å². The average molecular weight is 449 g/mol. The maximum absolute atomic E-state index is 12.3. The maximum atomic E-state index is 12.3. The molecule has 6 nitrogen and oxygen atoms in total. The van der Waals surface area contributed by atoms with E-state index in [0.717, 1.165) is 26.0 Å². The molecule has 3 rings (SSSR count). The van der Waals surface area contributed by atoms with E-state index in [1.807, 2.05) is 44.5 Å². The van der Waals surface area contributed by atoms with Crippen molar-refractivity contribution in [2.45, 2.75) is 30.6 Å². The first-order chi connectivity index (χ1) is 13.7. The lowest BCUT2D eigenvalue weighted by Gasteiger charge is -2.13. The number of benzene rings is 1. The molecule has 0 fully saturated rings. The number of rotatable bonds is 5. The third-order valence-corrected chi connectivity index (χ3v) is 6.87. The molecule has 0 aliphatic rings. The average Bonchev–Trinajstić information content (AvgIpc) is 3.31. The van der Waals surface area contributed by atoms with E-state index in [9.17, 15) is 9.90 Å². The summed E-state index contributed by atoms with van der Waals surface area (Å²) < 4.78 is 2.32. The zero-order valence-corrected chi connectivity index (χ0v) is 19.0. The van der Waals surface area contributed by atoms with E-state index < -0.39 is 11.6 Å². The van der Waals surface area contributed by atoms with Crippen LogP contribution in [0.1, 0.15) is 20.8 Å². The van der Waals surface area contributed by atoms with Gasteiger partial charge in [0.25, 0.3) is 0 Å². The van der Waals surface area contributed by atoms with Crippen LogP contribution in [0.4, 0.5) is 9.80 Å². The van der Waals surface area contributed by atoms with Crippen LogP contribution < -0.4 is 5.48 Å². The molecule has 0 aliphatic carbocycles. The van der Waals surface area contributed by atoms with Crippen LogP contribution in [0.5, 0.6) is 5.75 Å². The molecule has 2 N–H and O–H groups in total. The molecule has 2 aromatic heterocycles. The van der Waals surface area contributed by atoms with Gasteiger partial charge in [0.1, 0.15) is 16.4 Å². The van der Waals surface area contributed by atoms with Gasteiger partial charge in [-0.05, 0) is 39.2 Å². The third kappa shape index (κ3) is 5.24. The number of aromatic hydroxyl groups is 1. The highest BCUT2D eigenvalue weighted by atomic mass is 32.2. The molecule has 2 heterocycles. The molecular weight excluding hydrogens is 426 g/mol. The summed E-state index contributed by atoms with van der Waals surface area (Å²) in [6.45, 7) is 9.40.